The van der Waals surface area contributed by atoms with Gasteiger partial charge in [0.25, 0.3) is 0 Å². The maximum Gasteiger partial charge on any atom is 0.240 e. The van der Waals surface area contributed by atoms with Crippen LogP contribution in [-0.4, -0.2) is 40.5 Å². The van der Waals surface area contributed by atoms with Gasteiger partial charge in [-0.15, -0.1) is 0 Å². The molecular formula is C21H33N3O. The molecule has 138 valence electrons. The van der Waals surface area contributed by atoms with Crippen LogP contribution in [0.15, 0.2) is 18.2 Å². The van der Waals surface area contributed by atoms with Crippen LogP contribution in [0.2, 0.25) is 0 Å². The minimum absolute atomic E-state index is 0.116. The van der Waals surface area contributed by atoms with Crippen molar-refractivity contribution in [3.63, 3.8) is 0 Å². The first-order valence-corrected chi connectivity index (χ1v) is 10.1. The first-order chi connectivity index (χ1) is 12.1. The van der Waals surface area contributed by atoms with E-state index in [1.807, 2.05) is 19.1 Å². The highest BCUT2D eigenvalue weighted by Crippen LogP contribution is 2.36. The van der Waals surface area contributed by atoms with Gasteiger partial charge < -0.3 is 5.32 Å². The second kappa shape index (κ2) is 8.31. The topological polar surface area (TPSA) is 45.2 Å². The highest BCUT2D eigenvalue weighted by Gasteiger charge is 2.45. The summed E-state index contributed by atoms with van der Waals surface area (Å²) in [5, 5.41) is 3.34. The fraction of sp³-hybridized carbons (Fsp3) is 0.714. The summed E-state index contributed by atoms with van der Waals surface area (Å²) in [5.41, 5.74) is 1.84. The van der Waals surface area contributed by atoms with Crippen molar-refractivity contribution < 1.29 is 4.79 Å². The lowest BCUT2D eigenvalue weighted by molar-refractivity contribution is -0.137. The van der Waals surface area contributed by atoms with E-state index in [0.717, 1.165) is 43.7 Å². The Morgan fingerprint density at radius 2 is 1.84 bits per heavy atom. The minimum atomic E-state index is -0.257. The Morgan fingerprint density at radius 3 is 2.52 bits per heavy atom. The van der Waals surface area contributed by atoms with Gasteiger partial charge in [-0.2, -0.15) is 0 Å². The molecule has 1 aromatic heterocycles. The quantitative estimate of drug-likeness (QED) is 0.888. The standard InChI is InChI=1S/C21H33N3O/c1-17-10-9-11-19(22-17)16-18(2)23-20(25)21(12-5-3-6-13-21)24-14-7-4-8-15-24/h9-11,18H,3-8,12-16H2,1-2H3,(H,23,25). The molecule has 3 rings (SSSR count). The molecule has 1 amide bonds. The van der Waals surface area contributed by atoms with E-state index in [-0.39, 0.29) is 17.5 Å². The normalized spacial score (nSPS) is 22.3. The molecule has 1 aliphatic heterocycles. The van der Waals surface area contributed by atoms with Crippen molar-refractivity contribution in [3.05, 3.63) is 29.6 Å². The van der Waals surface area contributed by atoms with E-state index in [2.05, 4.69) is 28.2 Å². The Bertz CT molecular complexity index is 574. The number of amides is 1. The zero-order valence-electron chi connectivity index (χ0n) is 15.9. The molecule has 1 saturated heterocycles. The van der Waals surface area contributed by atoms with Gasteiger partial charge in [0.05, 0.1) is 0 Å². The number of carbonyl (C=O) groups excluding carboxylic acids is 1. The maximum absolute atomic E-state index is 13.3. The molecule has 0 spiro atoms. The molecule has 2 heterocycles. The van der Waals surface area contributed by atoms with Crippen LogP contribution in [0.1, 0.15) is 69.7 Å². The van der Waals surface area contributed by atoms with Crippen molar-refractivity contribution in [2.75, 3.05) is 13.1 Å². The molecule has 1 N–H and O–H groups in total. The zero-order chi connectivity index (χ0) is 17.7. The fourth-order valence-electron chi connectivity index (χ4n) is 4.58. The summed E-state index contributed by atoms with van der Waals surface area (Å²) < 4.78 is 0. The molecule has 1 unspecified atom stereocenters. The number of aromatic nitrogens is 1. The fourth-order valence-corrected chi connectivity index (χ4v) is 4.58. The van der Waals surface area contributed by atoms with Crippen LogP contribution in [0.4, 0.5) is 0 Å². The number of likely N-dealkylation sites (tertiary alicyclic amines) is 1. The number of piperidine rings is 1. The van der Waals surface area contributed by atoms with Gasteiger partial charge >= 0.3 is 0 Å². The summed E-state index contributed by atoms with van der Waals surface area (Å²) in [7, 11) is 0. The molecule has 0 bridgehead atoms. The number of nitrogens with zero attached hydrogens (tertiary/aromatic N) is 2. The molecule has 1 saturated carbocycles. The molecule has 1 aliphatic carbocycles. The Labute approximate surface area is 152 Å². The van der Waals surface area contributed by atoms with Crippen molar-refractivity contribution in [2.24, 2.45) is 0 Å². The van der Waals surface area contributed by atoms with E-state index in [1.165, 1.54) is 38.5 Å². The lowest BCUT2D eigenvalue weighted by atomic mass is 9.78. The summed E-state index contributed by atoms with van der Waals surface area (Å²) >= 11 is 0. The van der Waals surface area contributed by atoms with E-state index in [4.69, 9.17) is 0 Å². The van der Waals surface area contributed by atoms with Crippen molar-refractivity contribution in [3.8, 4) is 0 Å². The minimum Gasteiger partial charge on any atom is -0.352 e. The summed E-state index contributed by atoms with van der Waals surface area (Å²) in [6.45, 7) is 6.29. The predicted molar refractivity (Wildman–Crippen MR) is 102 cm³/mol. The molecule has 1 aromatic rings. The van der Waals surface area contributed by atoms with Gasteiger partial charge in [0.15, 0.2) is 0 Å². The van der Waals surface area contributed by atoms with Crippen LogP contribution in [0, 0.1) is 6.92 Å². The summed E-state index contributed by atoms with van der Waals surface area (Å²) in [6, 6.07) is 6.23. The third-order valence-corrected chi connectivity index (χ3v) is 5.90. The van der Waals surface area contributed by atoms with Crippen LogP contribution < -0.4 is 5.32 Å². The average molecular weight is 344 g/mol. The van der Waals surface area contributed by atoms with Crippen LogP contribution in [0.25, 0.3) is 0 Å². The summed E-state index contributed by atoms with van der Waals surface area (Å²) in [6.07, 6.45) is 10.2. The number of carbonyl (C=O) groups is 1. The highest BCUT2D eigenvalue weighted by atomic mass is 16.2. The van der Waals surface area contributed by atoms with Crippen molar-refractivity contribution >= 4 is 5.91 Å². The average Bonchev–Trinajstić information content (AvgIpc) is 2.63. The number of nitrogens with one attached hydrogen (secondary N) is 1. The first-order valence-electron chi connectivity index (χ1n) is 10.1. The lowest BCUT2D eigenvalue weighted by Gasteiger charge is -2.47. The van der Waals surface area contributed by atoms with Gasteiger partial charge in [0.1, 0.15) is 5.54 Å². The van der Waals surface area contributed by atoms with Gasteiger partial charge in [-0.25, -0.2) is 0 Å². The molecular weight excluding hydrogens is 310 g/mol. The van der Waals surface area contributed by atoms with E-state index >= 15 is 0 Å². The van der Waals surface area contributed by atoms with Crippen molar-refractivity contribution in [1.29, 1.82) is 0 Å². The van der Waals surface area contributed by atoms with E-state index < -0.39 is 0 Å². The Kier molecular flexibility index (Phi) is 6.10. The molecule has 4 heteroatoms. The maximum atomic E-state index is 13.3. The lowest BCUT2D eigenvalue weighted by Crippen LogP contribution is -2.62. The number of hydrogen-bond donors (Lipinski definition) is 1. The Hall–Kier alpha value is -1.42. The molecule has 4 nitrogen and oxygen atoms in total. The molecule has 2 fully saturated rings. The SMILES string of the molecule is Cc1cccc(CC(C)NC(=O)C2(N3CCCCC3)CCCCC2)n1. The smallest absolute Gasteiger partial charge is 0.240 e. The van der Waals surface area contributed by atoms with E-state index in [9.17, 15) is 4.79 Å². The third-order valence-electron chi connectivity index (χ3n) is 5.90. The zero-order valence-corrected chi connectivity index (χ0v) is 15.9. The summed E-state index contributed by atoms with van der Waals surface area (Å²) in [5.74, 6) is 0.259. The molecule has 1 atom stereocenters. The number of pyridine rings is 1. The van der Waals surface area contributed by atoms with Crippen LogP contribution in [0.3, 0.4) is 0 Å². The van der Waals surface area contributed by atoms with Gasteiger partial charge in [-0.05, 0) is 64.8 Å². The molecule has 2 aliphatic rings. The van der Waals surface area contributed by atoms with Gasteiger partial charge in [0.2, 0.25) is 5.91 Å². The predicted octanol–water partition coefficient (Wildman–Crippen LogP) is 3.63. The number of aryl methyl sites for hydroxylation is 1. The highest BCUT2D eigenvalue weighted by molar-refractivity contribution is 5.86. The van der Waals surface area contributed by atoms with Crippen LogP contribution in [-0.2, 0) is 11.2 Å². The monoisotopic (exact) mass is 343 g/mol. The second-order valence-corrected chi connectivity index (χ2v) is 7.99. The third kappa shape index (κ3) is 4.41. The second-order valence-electron chi connectivity index (χ2n) is 7.99. The number of rotatable bonds is 5. The van der Waals surface area contributed by atoms with Gasteiger partial charge in [-0.1, -0.05) is 31.7 Å². The van der Waals surface area contributed by atoms with E-state index in [1.54, 1.807) is 0 Å². The van der Waals surface area contributed by atoms with Crippen LogP contribution in [0.5, 0.6) is 0 Å². The summed E-state index contributed by atoms with van der Waals surface area (Å²) in [4.78, 5) is 20.4. The molecule has 0 radical (unpaired) electrons. The first kappa shape index (κ1) is 18.4. The van der Waals surface area contributed by atoms with Gasteiger partial charge in [-0.3, -0.25) is 14.7 Å². The molecule has 25 heavy (non-hydrogen) atoms. The number of hydrogen-bond acceptors (Lipinski definition) is 3. The van der Waals surface area contributed by atoms with Crippen LogP contribution >= 0.6 is 0 Å². The van der Waals surface area contributed by atoms with Crippen molar-refractivity contribution in [1.82, 2.24) is 15.2 Å². The molecule has 0 aromatic carbocycles. The Balaban J connectivity index is 1.67. The van der Waals surface area contributed by atoms with E-state index in [0.29, 0.717) is 0 Å². The largest absolute Gasteiger partial charge is 0.352 e. The van der Waals surface area contributed by atoms with Gasteiger partial charge in [0, 0.05) is 23.9 Å². The van der Waals surface area contributed by atoms with Crippen molar-refractivity contribution in [2.45, 2.75) is 83.2 Å². The Morgan fingerprint density at radius 1 is 1.16 bits per heavy atom.